The third kappa shape index (κ3) is 4.70. The Morgan fingerprint density at radius 2 is 2.00 bits per heavy atom. The summed E-state index contributed by atoms with van der Waals surface area (Å²) in [6.07, 6.45) is 10.8. The molecule has 0 aromatic rings. The Morgan fingerprint density at radius 1 is 1.29 bits per heavy atom. The highest BCUT2D eigenvalue weighted by atomic mass is 32.2. The zero-order chi connectivity index (χ0) is 10.2. The van der Waals surface area contributed by atoms with E-state index in [2.05, 4.69) is 18.5 Å². The molecule has 84 valence electrons. The Morgan fingerprint density at radius 3 is 2.64 bits per heavy atom. The van der Waals surface area contributed by atoms with Crippen LogP contribution in [0.4, 0.5) is 0 Å². The second-order valence-corrected chi connectivity index (χ2v) is 5.47. The Hall–Kier alpha value is 0.310. The maximum Gasteiger partial charge on any atom is 0.00670 e. The van der Waals surface area contributed by atoms with E-state index in [1.54, 1.807) is 0 Å². The van der Waals surface area contributed by atoms with Crippen molar-refractivity contribution >= 4 is 11.8 Å². The standard InChI is InChI=1S/C12H25NS/c1-11(13-9-6-10-14-2)12-7-4-3-5-8-12/h11-13H,3-10H2,1-2H3. The van der Waals surface area contributed by atoms with Crippen LogP contribution < -0.4 is 5.32 Å². The molecule has 1 nitrogen and oxygen atoms in total. The predicted octanol–water partition coefficient (Wildman–Crippen LogP) is 3.30. The largest absolute Gasteiger partial charge is 0.314 e. The van der Waals surface area contributed by atoms with Crippen molar-refractivity contribution in [3.05, 3.63) is 0 Å². The van der Waals surface area contributed by atoms with Gasteiger partial charge in [-0.1, -0.05) is 19.3 Å². The van der Waals surface area contributed by atoms with E-state index in [0.717, 1.165) is 12.0 Å². The first-order valence-electron chi connectivity index (χ1n) is 6.07. The van der Waals surface area contributed by atoms with Gasteiger partial charge in [-0.15, -0.1) is 0 Å². The van der Waals surface area contributed by atoms with Crippen LogP contribution in [0, 0.1) is 5.92 Å². The van der Waals surface area contributed by atoms with Crippen LogP contribution in [0.1, 0.15) is 45.4 Å². The third-order valence-corrected chi connectivity index (χ3v) is 4.05. The first-order valence-corrected chi connectivity index (χ1v) is 7.46. The van der Waals surface area contributed by atoms with Crippen LogP contribution in [0.25, 0.3) is 0 Å². The lowest BCUT2D eigenvalue weighted by Gasteiger charge is -2.28. The van der Waals surface area contributed by atoms with E-state index in [-0.39, 0.29) is 0 Å². The number of nitrogens with one attached hydrogen (secondary N) is 1. The molecule has 0 amide bonds. The first kappa shape index (κ1) is 12.4. The quantitative estimate of drug-likeness (QED) is 0.682. The minimum Gasteiger partial charge on any atom is -0.314 e. The number of rotatable bonds is 6. The Balaban J connectivity index is 2.04. The molecule has 1 aliphatic carbocycles. The fraction of sp³-hybridized carbons (Fsp3) is 1.00. The van der Waals surface area contributed by atoms with Crippen LogP contribution in [0.3, 0.4) is 0 Å². The topological polar surface area (TPSA) is 12.0 Å². The summed E-state index contributed by atoms with van der Waals surface area (Å²) in [7, 11) is 0. The molecular weight excluding hydrogens is 190 g/mol. The molecule has 1 unspecified atom stereocenters. The molecule has 1 fully saturated rings. The van der Waals surface area contributed by atoms with Crippen LogP contribution in [0.2, 0.25) is 0 Å². The van der Waals surface area contributed by atoms with Crippen LogP contribution in [-0.2, 0) is 0 Å². The fourth-order valence-corrected chi connectivity index (χ4v) is 2.78. The van der Waals surface area contributed by atoms with Crippen LogP contribution in [0.5, 0.6) is 0 Å². The molecule has 0 saturated heterocycles. The van der Waals surface area contributed by atoms with Crippen LogP contribution in [-0.4, -0.2) is 24.6 Å². The van der Waals surface area contributed by atoms with Gasteiger partial charge in [0.1, 0.15) is 0 Å². The Labute approximate surface area is 93.4 Å². The summed E-state index contributed by atoms with van der Waals surface area (Å²) in [4.78, 5) is 0. The van der Waals surface area contributed by atoms with Gasteiger partial charge in [-0.2, -0.15) is 11.8 Å². The van der Waals surface area contributed by atoms with Crippen molar-refractivity contribution in [2.24, 2.45) is 5.92 Å². The van der Waals surface area contributed by atoms with Crippen molar-refractivity contribution in [1.82, 2.24) is 5.32 Å². The highest BCUT2D eigenvalue weighted by molar-refractivity contribution is 7.98. The maximum atomic E-state index is 3.67. The van der Waals surface area contributed by atoms with Crippen LogP contribution in [0.15, 0.2) is 0 Å². The van der Waals surface area contributed by atoms with Gasteiger partial charge < -0.3 is 5.32 Å². The molecule has 2 heteroatoms. The van der Waals surface area contributed by atoms with Crippen molar-refractivity contribution in [3.63, 3.8) is 0 Å². The van der Waals surface area contributed by atoms with E-state index < -0.39 is 0 Å². The molecule has 1 aliphatic rings. The molecule has 0 bridgehead atoms. The Kier molecular flexibility index (Phi) is 6.70. The normalized spacial score (nSPS) is 21.0. The van der Waals surface area contributed by atoms with Gasteiger partial charge in [0.25, 0.3) is 0 Å². The third-order valence-electron chi connectivity index (χ3n) is 3.35. The summed E-state index contributed by atoms with van der Waals surface area (Å²) in [6, 6.07) is 0.747. The summed E-state index contributed by atoms with van der Waals surface area (Å²) in [5.41, 5.74) is 0. The predicted molar refractivity (Wildman–Crippen MR) is 67.0 cm³/mol. The zero-order valence-electron chi connectivity index (χ0n) is 9.72. The van der Waals surface area contributed by atoms with Gasteiger partial charge in [0, 0.05) is 6.04 Å². The lowest BCUT2D eigenvalue weighted by atomic mass is 9.84. The second-order valence-electron chi connectivity index (χ2n) is 4.49. The molecule has 0 spiro atoms. The minimum absolute atomic E-state index is 0.747. The van der Waals surface area contributed by atoms with Gasteiger partial charge >= 0.3 is 0 Å². The average molecular weight is 215 g/mol. The second kappa shape index (κ2) is 7.58. The molecule has 0 radical (unpaired) electrons. The molecule has 0 aliphatic heterocycles. The highest BCUT2D eigenvalue weighted by Gasteiger charge is 2.18. The monoisotopic (exact) mass is 215 g/mol. The molecule has 14 heavy (non-hydrogen) atoms. The lowest BCUT2D eigenvalue weighted by Crippen LogP contribution is -2.35. The molecule has 0 heterocycles. The van der Waals surface area contributed by atoms with Gasteiger partial charge in [0.15, 0.2) is 0 Å². The molecule has 1 atom stereocenters. The molecule has 0 aromatic carbocycles. The van der Waals surface area contributed by atoms with E-state index in [1.165, 1.54) is 50.8 Å². The van der Waals surface area contributed by atoms with E-state index in [1.807, 2.05) is 11.8 Å². The van der Waals surface area contributed by atoms with E-state index in [9.17, 15) is 0 Å². The van der Waals surface area contributed by atoms with Gasteiger partial charge in [-0.05, 0) is 50.7 Å². The summed E-state index contributed by atoms with van der Waals surface area (Å²) in [6.45, 7) is 3.58. The summed E-state index contributed by atoms with van der Waals surface area (Å²) < 4.78 is 0. The fourth-order valence-electron chi connectivity index (χ4n) is 2.35. The van der Waals surface area contributed by atoms with Crippen molar-refractivity contribution in [2.45, 2.75) is 51.5 Å². The zero-order valence-corrected chi connectivity index (χ0v) is 10.5. The van der Waals surface area contributed by atoms with Gasteiger partial charge in [-0.25, -0.2) is 0 Å². The smallest absolute Gasteiger partial charge is 0.00670 e. The average Bonchev–Trinajstić information content (AvgIpc) is 2.25. The molecule has 1 N–H and O–H groups in total. The Bertz CT molecular complexity index is 132. The summed E-state index contributed by atoms with van der Waals surface area (Å²) in [5, 5.41) is 3.67. The molecule has 1 saturated carbocycles. The minimum atomic E-state index is 0.747. The molecule has 1 rings (SSSR count). The van der Waals surface area contributed by atoms with Gasteiger partial charge in [0.05, 0.1) is 0 Å². The van der Waals surface area contributed by atoms with Gasteiger partial charge in [-0.3, -0.25) is 0 Å². The van der Waals surface area contributed by atoms with Crippen LogP contribution >= 0.6 is 11.8 Å². The van der Waals surface area contributed by atoms with Crippen molar-refractivity contribution in [3.8, 4) is 0 Å². The highest BCUT2D eigenvalue weighted by Crippen LogP contribution is 2.26. The van der Waals surface area contributed by atoms with E-state index in [4.69, 9.17) is 0 Å². The van der Waals surface area contributed by atoms with Crippen molar-refractivity contribution < 1.29 is 0 Å². The lowest BCUT2D eigenvalue weighted by molar-refractivity contribution is 0.282. The van der Waals surface area contributed by atoms with Crippen molar-refractivity contribution in [1.29, 1.82) is 0 Å². The summed E-state index contributed by atoms with van der Waals surface area (Å²) >= 11 is 1.95. The molecular formula is C12H25NS. The number of hydrogen-bond donors (Lipinski definition) is 1. The SMILES string of the molecule is CSCCCNC(C)C1CCCCC1. The van der Waals surface area contributed by atoms with E-state index >= 15 is 0 Å². The molecule has 0 aromatic heterocycles. The summed E-state index contributed by atoms with van der Waals surface area (Å²) in [5.74, 6) is 2.25. The number of hydrogen-bond acceptors (Lipinski definition) is 2. The first-order chi connectivity index (χ1) is 6.84. The van der Waals surface area contributed by atoms with Gasteiger partial charge in [0.2, 0.25) is 0 Å². The van der Waals surface area contributed by atoms with E-state index in [0.29, 0.717) is 0 Å². The maximum absolute atomic E-state index is 3.67. The number of thioether (sulfide) groups is 1. The van der Waals surface area contributed by atoms with Crippen molar-refractivity contribution in [2.75, 3.05) is 18.6 Å².